The van der Waals surface area contributed by atoms with E-state index in [1.807, 2.05) is 0 Å². The smallest absolute Gasteiger partial charge is 0.420 e. The van der Waals surface area contributed by atoms with Crippen molar-refractivity contribution in [2.75, 3.05) is 13.1 Å². The number of carbonyl (C=O) groups is 3. The molecule has 9 nitrogen and oxygen atoms in total. The van der Waals surface area contributed by atoms with Gasteiger partial charge in [0.15, 0.2) is 5.58 Å². The number of hydrogen-bond donors (Lipinski definition) is 2. The van der Waals surface area contributed by atoms with Gasteiger partial charge >= 0.3 is 17.7 Å². The summed E-state index contributed by atoms with van der Waals surface area (Å²) in [6.45, 7) is -0.669. The zero-order valence-electron chi connectivity index (χ0n) is 13.0. The molecule has 2 N–H and O–H groups in total. The van der Waals surface area contributed by atoms with Crippen LogP contribution in [0.3, 0.4) is 0 Å². The summed E-state index contributed by atoms with van der Waals surface area (Å²) in [4.78, 5) is 48.7. The molecule has 1 aliphatic heterocycles. The van der Waals surface area contributed by atoms with Crippen molar-refractivity contribution in [2.24, 2.45) is 10.8 Å². The Labute approximate surface area is 140 Å². The lowest BCUT2D eigenvalue weighted by Crippen LogP contribution is -2.38. The van der Waals surface area contributed by atoms with Crippen LogP contribution in [-0.4, -0.2) is 50.6 Å². The number of aliphatic carboxylic acids is 2. The molecular formula is C16H14N2O7. The van der Waals surface area contributed by atoms with Gasteiger partial charge < -0.3 is 19.5 Å². The maximum Gasteiger partial charge on any atom is 0.420 e. The van der Waals surface area contributed by atoms with Crippen molar-refractivity contribution in [3.63, 3.8) is 0 Å². The van der Waals surface area contributed by atoms with Crippen LogP contribution in [0.5, 0.6) is 0 Å². The minimum atomic E-state index is -1.43. The number of aromatic nitrogens is 1. The Hall–Kier alpha value is -3.10. The van der Waals surface area contributed by atoms with Gasteiger partial charge in [-0.2, -0.15) is 0 Å². The number of rotatable bonds is 4. The molecule has 2 heterocycles. The van der Waals surface area contributed by atoms with Crippen LogP contribution in [0, 0.1) is 10.8 Å². The molecule has 1 aromatic heterocycles. The largest absolute Gasteiger partial charge is 0.481 e. The molecule has 0 unspecified atom stereocenters. The molecule has 1 saturated carbocycles. The Morgan fingerprint density at radius 2 is 1.68 bits per heavy atom. The van der Waals surface area contributed by atoms with E-state index in [0.29, 0.717) is 11.1 Å². The zero-order chi connectivity index (χ0) is 18.0. The average Bonchev–Trinajstić information content (AvgIpc) is 2.95. The summed E-state index contributed by atoms with van der Waals surface area (Å²) in [5.41, 5.74) is -2.07. The van der Waals surface area contributed by atoms with Crippen molar-refractivity contribution in [3.05, 3.63) is 34.8 Å². The molecule has 25 heavy (non-hydrogen) atoms. The van der Waals surface area contributed by atoms with Gasteiger partial charge in [-0.15, -0.1) is 0 Å². The highest BCUT2D eigenvalue weighted by molar-refractivity contribution is 5.96. The fraction of sp³-hybridized carbons (Fsp3) is 0.375. The number of nitrogens with zero attached hydrogens (tertiary/aromatic N) is 2. The molecule has 2 atom stereocenters. The van der Waals surface area contributed by atoms with E-state index >= 15 is 0 Å². The summed E-state index contributed by atoms with van der Waals surface area (Å²) in [5.74, 6) is -3.63. The van der Waals surface area contributed by atoms with E-state index in [4.69, 9.17) is 4.42 Å². The van der Waals surface area contributed by atoms with E-state index in [1.54, 1.807) is 24.3 Å². The van der Waals surface area contributed by atoms with Crippen LogP contribution in [0.2, 0.25) is 0 Å². The Morgan fingerprint density at radius 1 is 1.08 bits per heavy atom. The molecular weight excluding hydrogens is 332 g/mol. The SMILES string of the molecule is O=C(Cn1c(=O)oc2ccccc21)N1C[C@@]2(C(=O)O)C[C@@]2(C(=O)O)C1. The van der Waals surface area contributed by atoms with E-state index < -0.39 is 34.4 Å². The first kappa shape index (κ1) is 15.4. The van der Waals surface area contributed by atoms with Crippen molar-refractivity contribution in [1.82, 2.24) is 9.47 Å². The quantitative estimate of drug-likeness (QED) is 0.796. The van der Waals surface area contributed by atoms with E-state index in [2.05, 4.69) is 0 Å². The number of piperidine rings is 1. The van der Waals surface area contributed by atoms with Crippen LogP contribution in [0.15, 0.2) is 33.5 Å². The topological polar surface area (TPSA) is 130 Å². The fourth-order valence-corrected chi connectivity index (χ4v) is 3.86. The van der Waals surface area contributed by atoms with Gasteiger partial charge in [0, 0.05) is 13.1 Å². The van der Waals surface area contributed by atoms with Gasteiger partial charge in [-0.25, -0.2) is 4.79 Å². The molecule has 9 heteroatoms. The fourth-order valence-electron chi connectivity index (χ4n) is 3.86. The van der Waals surface area contributed by atoms with E-state index in [1.165, 1.54) is 4.90 Å². The van der Waals surface area contributed by atoms with Gasteiger partial charge in [0.05, 0.1) is 5.52 Å². The first-order valence-corrected chi connectivity index (χ1v) is 7.64. The molecule has 4 rings (SSSR count). The number of fused-ring (bicyclic) bond motifs is 2. The maximum atomic E-state index is 12.5. The average molecular weight is 346 g/mol. The predicted molar refractivity (Wildman–Crippen MR) is 81.8 cm³/mol. The number of carboxylic acids is 2. The van der Waals surface area contributed by atoms with Crippen LogP contribution >= 0.6 is 0 Å². The second-order valence-electron chi connectivity index (χ2n) is 6.62. The van der Waals surface area contributed by atoms with Gasteiger partial charge in [-0.1, -0.05) is 12.1 Å². The normalized spacial score (nSPS) is 27.3. The minimum absolute atomic E-state index is 0.0169. The van der Waals surface area contributed by atoms with Crippen LogP contribution in [-0.2, 0) is 20.9 Å². The summed E-state index contributed by atoms with van der Waals surface area (Å²) in [6, 6.07) is 6.62. The molecule has 2 aromatic rings. The number of amides is 1. The summed E-state index contributed by atoms with van der Waals surface area (Å²) in [5, 5.41) is 18.8. The molecule has 2 fully saturated rings. The van der Waals surface area contributed by atoms with Crippen molar-refractivity contribution >= 4 is 28.9 Å². The highest BCUT2D eigenvalue weighted by Crippen LogP contribution is 2.68. The summed E-state index contributed by atoms with van der Waals surface area (Å²) in [7, 11) is 0. The van der Waals surface area contributed by atoms with E-state index in [-0.39, 0.29) is 26.1 Å². The highest BCUT2D eigenvalue weighted by atomic mass is 16.4. The van der Waals surface area contributed by atoms with Crippen molar-refractivity contribution in [3.8, 4) is 0 Å². The third kappa shape index (κ3) is 1.89. The van der Waals surface area contributed by atoms with Crippen molar-refractivity contribution in [2.45, 2.75) is 13.0 Å². The first-order chi connectivity index (χ1) is 11.8. The number of carbonyl (C=O) groups excluding carboxylic acids is 1. The third-order valence-electron chi connectivity index (χ3n) is 5.35. The lowest BCUT2D eigenvalue weighted by Gasteiger charge is -2.20. The maximum absolute atomic E-state index is 12.5. The second kappa shape index (κ2) is 4.71. The molecule has 1 aromatic carbocycles. The van der Waals surface area contributed by atoms with Crippen molar-refractivity contribution in [1.29, 1.82) is 0 Å². The number of benzene rings is 1. The Morgan fingerprint density at radius 3 is 2.28 bits per heavy atom. The van der Waals surface area contributed by atoms with Gasteiger partial charge in [0.25, 0.3) is 0 Å². The Balaban J connectivity index is 1.61. The van der Waals surface area contributed by atoms with Crippen LogP contribution in [0.4, 0.5) is 0 Å². The second-order valence-corrected chi connectivity index (χ2v) is 6.62. The first-order valence-electron chi connectivity index (χ1n) is 7.64. The summed E-state index contributed by atoms with van der Waals surface area (Å²) < 4.78 is 6.21. The van der Waals surface area contributed by atoms with E-state index in [9.17, 15) is 29.4 Å². The number of para-hydroxylation sites is 2. The molecule has 0 radical (unpaired) electrons. The lowest BCUT2D eigenvalue weighted by atomic mass is 9.97. The monoisotopic (exact) mass is 346 g/mol. The zero-order valence-corrected chi connectivity index (χ0v) is 13.0. The van der Waals surface area contributed by atoms with Crippen LogP contribution < -0.4 is 5.76 Å². The lowest BCUT2D eigenvalue weighted by molar-refractivity contribution is -0.151. The van der Waals surface area contributed by atoms with E-state index in [0.717, 1.165) is 4.57 Å². The number of oxazole rings is 1. The summed E-state index contributed by atoms with van der Waals surface area (Å²) >= 11 is 0. The van der Waals surface area contributed by atoms with Gasteiger partial charge in [0.1, 0.15) is 17.4 Å². The Kier molecular flexibility index (Phi) is 2.91. The predicted octanol–water partition coefficient (Wildman–Crippen LogP) is -0.0176. The van der Waals surface area contributed by atoms with Crippen molar-refractivity contribution < 1.29 is 29.0 Å². The van der Waals surface area contributed by atoms with Crippen LogP contribution in [0.25, 0.3) is 11.1 Å². The number of likely N-dealkylation sites (tertiary alicyclic amines) is 1. The molecule has 1 amide bonds. The molecule has 1 saturated heterocycles. The van der Waals surface area contributed by atoms with Crippen LogP contribution in [0.1, 0.15) is 6.42 Å². The molecule has 2 aliphatic rings. The minimum Gasteiger partial charge on any atom is -0.481 e. The molecule has 0 spiro atoms. The molecule has 1 aliphatic carbocycles. The van der Waals surface area contributed by atoms with Gasteiger partial charge in [-0.05, 0) is 18.6 Å². The number of hydrogen-bond acceptors (Lipinski definition) is 5. The standard InChI is InChI=1S/C16H14N2O7/c19-11(5-18-9-3-1-2-4-10(9)25-14(18)24)17-7-15(12(20)21)6-16(15,8-17)13(22)23/h1-4H,5-8H2,(H,20,21)(H,22,23)/t15-,16+. The molecule has 0 bridgehead atoms. The van der Waals surface area contributed by atoms with Gasteiger partial charge in [-0.3, -0.25) is 19.0 Å². The molecule has 130 valence electrons. The third-order valence-corrected chi connectivity index (χ3v) is 5.35. The Bertz CT molecular complexity index is 962. The summed E-state index contributed by atoms with van der Waals surface area (Å²) in [6.07, 6.45) is 0.0169. The highest BCUT2D eigenvalue weighted by Gasteiger charge is 2.81. The number of carboxylic acid groups (broad SMARTS) is 2. The van der Waals surface area contributed by atoms with Gasteiger partial charge in [0.2, 0.25) is 5.91 Å².